The Morgan fingerprint density at radius 3 is 2.69 bits per heavy atom. The van der Waals surface area contributed by atoms with Crippen LogP contribution in [0.2, 0.25) is 0 Å². The fraction of sp³-hybridized carbons (Fsp3) is 0.636. The molecule has 1 aromatic rings. The van der Waals surface area contributed by atoms with Gasteiger partial charge in [0.05, 0.1) is 0 Å². The quantitative estimate of drug-likeness (QED) is 0.834. The molecule has 1 N–H and O–H groups in total. The van der Waals surface area contributed by atoms with Crippen molar-refractivity contribution in [1.29, 1.82) is 0 Å². The second-order valence-electron chi connectivity index (χ2n) is 3.49. The standard InChI is InChI=1S/C11H17NO3S/c1-4-6-8(15-5-2)10-12-9(11(13)14)7(3)16-10/h8H,4-6H2,1-3H3,(H,13,14). The van der Waals surface area contributed by atoms with Gasteiger partial charge in [-0.1, -0.05) is 13.3 Å². The topological polar surface area (TPSA) is 59.4 Å². The van der Waals surface area contributed by atoms with Crippen LogP contribution in [0.4, 0.5) is 0 Å². The van der Waals surface area contributed by atoms with Crippen molar-refractivity contribution in [3.8, 4) is 0 Å². The van der Waals surface area contributed by atoms with E-state index in [1.54, 1.807) is 6.92 Å². The van der Waals surface area contributed by atoms with Gasteiger partial charge in [0.2, 0.25) is 0 Å². The second-order valence-corrected chi connectivity index (χ2v) is 4.73. The first-order valence-electron chi connectivity index (χ1n) is 5.42. The summed E-state index contributed by atoms with van der Waals surface area (Å²) in [5.74, 6) is -0.966. The number of aromatic carboxylic acids is 1. The van der Waals surface area contributed by atoms with Crippen molar-refractivity contribution in [1.82, 2.24) is 4.98 Å². The molecule has 0 saturated heterocycles. The molecule has 16 heavy (non-hydrogen) atoms. The van der Waals surface area contributed by atoms with Crippen LogP contribution < -0.4 is 0 Å². The van der Waals surface area contributed by atoms with E-state index < -0.39 is 5.97 Å². The number of aryl methyl sites for hydroxylation is 1. The number of ether oxygens (including phenoxy) is 1. The maximum Gasteiger partial charge on any atom is 0.355 e. The van der Waals surface area contributed by atoms with Gasteiger partial charge in [-0.25, -0.2) is 9.78 Å². The number of aromatic nitrogens is 1. The average Bonchev–Trinajstić information content (AvgIpc) is 2.60. The molecule has 1 heterocycles. The average molecular weight is 243 g/mol. The van der Waals surface area contributed by atoms with E-state index in [9.17, 15) is 4.79 Å². The first-order chi connectivity index (χ1) is 7.60. The van der Waals surface area contributed by atoms with Crippen molar-refractivity contribution >= 4 is 17.3 Å². The first kappa shape index (κ1) is 13.1. The monoisotopic (exact) mass is 243 g/mol. The summed E-state index contributed by atoms with van der Waals surface area (Å²) in [6.45, 7) is 6.40. The third-order valence-electron chi connectivity index (χ3n) is 2.21. The molecule has 1 unspecified atom stereocenters. The molecular weight excluding hydrogens is 226 g/mol. The van der Waals surface area contributed by atoms with E-state index in [1.165, 1.54) is 11.3 Å². The number of carboxylic acid groups (broad SMARTS) is 1. The van der Waals surface area contributed by atoms with Gasteiger partial charge in [0, 0.05) is 11.5 Å². The zero-order valence-electron chi connectivity index (χ0n) is 9.82. The zero-order valence-corrected chi connectivity index (χ0v) is 10.6. The Morgan fingerprint density at radius 1 is 1.56 bits per heavy atom. The van der Waals surface area contributed by atoms with Gasteiger partial charge in [0.15, 0.2) is 5.69 Å². The molecule has 1 atom stereocenters. The molecule has 0 radical (unpaired) electrons. The lowest BCUT2D eigenvalue weighted by atomic mass is 10.2. The van der Waals surface area contributed by atoms with Crippen molar-refractivity contribution < 1.29 is 14.6 Å². The maximum absolute atomic E-state index is 10.9. The van der Waals surface area contributed by atoms with Gasteiger partial charge in [-0.3, -0.25) is 0 Å². The summed E-state index contributed by atoms with van der Waals surface area (Å²) in [5.41, 5.74) is 0.154. The largest absolute Gasteiger partial charge is 0.476 e. The van der Waals surface area contributed by atoms with E-state index in [0.29, 0.717) is 6.61 Å². The summed E-state index contributed by atoms with van der Waals surface area (Å²) >= 11 is 1.41. The third-order valence-corrected chi connectivity index (χ3v) is 3.27. The number of nitrogens with zero attached hydrogens (tertiary/aromatic N) is 1. The van der Waals surface area contributed by atoms with E-state index in [-0.39, 0.29) is 11.8 Å². The lowest BCUT2D eigenvalue weighted by Gasteiger charge is -2.12. The SMILES string of the molecule is CCCC(OCC)c1nc(C(=O)O)c(C)s1. The smallest absolute Gasteiger partial charge is 0.355 e. The lowest BCUT2D eigenvalue weighted by Crippen LogP contribution is -2.05. The van der Waals surface area contributed by atoms with Crippen molar-refractivity contribution in [2.45, 2.75) is 39.7 Å². The molecule has 0 amide bonds. The van der Waals surface area contributed by atoms with E-state index in [1.807, 2.05) is 6.92 Å². The highest BCUT2D eigenvalue weighted by molar-refractivity contribution is 7.11. The number of carbonyl (C=O) groups is 1. The van der Waals surface area contributed by atoms with Crippen LogP contribution in [0.3, 0.4) is 0 Å². The molecule has 0 fully saturated rings. The van der Waals surface area contributed by atoms with Gasteiger partial charge >= 0.3 is 5.97 Å². The Labute approximate surface area is 99.3 Å². The minimum atomic E-state index is -0.966. The summed E-state index contributed by atoms with van der Waals surface area (Å²) < 4.78 is 5.57. The van der Waals surface area contributed by atoms with Crippen LogP contribution in [-0.4, -0.2) is 22.7 Å². The van der Waals surface area contributed by atoms with E-state index >= 15 is 0 Å². The molecule has 90 valence electrons. The minimum absolute atomic E-state index is 0.0631. The van der Waals surface area contributed by atoms with Crippen LogP contribution in [0.1, 0.15) is 53.2 Å². The molecule has 0 aliphatic heterocycles. The summed E-state index contributed by atoms with van der Waals surface area (Å²) in [6, 6.07) is 0. The normalized spacial score (nSPS) is 12.7. The summed E-state index contributed by atoms with van der Waals surface area (Å²) in [6.07, 6.45) is 1.80. The van der Waals surface area contributed by atoms with Crippen molar-refractivity contribution in [2.75, 3.05) is 6.61 Å². The lowest BCUT2D eigenvalue weighted by molar-refractivity contribution is 0.0550. The first-order valence-corrected chi connectivity index (χ1v) is 6.24. The Morgan fingerprint density at radius 2 is 2.25 bits per heavy atom. The second kappa shape index (κ2) is 5.96. The van der Waals surface area contributed by atoms with Crippen molar-refractivity contribution in [2.24, 2.45) is 0 Å². The molecule has 0 saturated carbocycles. The highest BCUT2D eigenvalue weighted by atomic mass is 32.1. The zero-order chi connectivity index (χ0) is 12.1. The Bertz CT molecular complexity index is 356. The van der Waals surface area contributed by atoms with Crippen LogP contribution in [0.25, 0.3) is 0 Å². The predicted octanol–water partition coefficient (Wildman–Crippen LogP) is 3.03. The molecule has 0 spiro atoms. The van der Waals surface area contributed by atoms with Crippen LogP contribution in [0, 0.1) is 6.92 Å². The third kappa shape index (κ3) is 3.02. The van der Waals surface area contributed by atoms with Crippen molar-refractivity contribution in [3.05, 3.63) is 15.6 Å². The highest BCUT2D eigenvalue weighted by Crippen LogP contribution is 2.28. The van der Waals surface area contributed by atoms with Gasteiger partial charge in [0.1, 0.15) is 11.1 Å². The minimum Gasteiger partial charge on any atom is -0.476 e. The van der Waals surface area contributed by atoms with Gasteiger partial charge in [-0.05, 0) is 20.3 Å². The van der Waals surface area contributed by atoms with E-state index in [4.69, 9.17) is 9.84 Å². The molecule has 4 nitrogen and oxygen atoms in total. The van der Waals surface area contributed by atoms with Crippen LogP contribution >= 0.6 is 11.3 Å². The predicted molar refractivity (Wildman–Crippen MR) is 63.1 cm³/mol. The fourth-order valence-electron chi connectivity index (χ4n) is 1.49. The molecular formula is C11H17NO3S. The van der Waals surface area contributed by atoms with Gasteiger partial charge in [-0.2, -0.15) is 0 Å². The molecule has 0 aromatic carbocycles. The van der Waals surface area contributed by atoms with Crippen LogP contribution in [0.5, 0.6) is 0 Å². The molecule has 0 aliphatic rings. The molecule has 0 bridgehead atoms. The summed E-state index contributed by atoms with van der Waals surface area (Å²) in [4.78, 5) is 15.8. The van der Waals surface area contributed by atoms with Crippen LogP contribution in [0.15, 0.2) is 0 Å². The summed E-state index contributed by atoms with van der Waals surface area (Å²) in [7, 11) is 0. The van der Waals surface area contributed by atoms with Crippen molar-refractivity contribution in [3.63, 3.8) is 0 Å². The van der Waals surface area contributed by atoms with E-state index in [2.05, 4.69) is 11.9 Å². The Balaban J connectivity index is 2.92. The fourth-order valence-corrected chi connectivity index (χ4v) is 2.49. The molecule has 1 rings (SSSR count). The van der Waals surface area contributed by atoms with Gasteiger partial charge in [-0.15, -0.1) is 11.3 Å². The number of carboxylic acids is 1. The molecule has 1 aromatic heterocycles. The number of thiazole rings is 1. The molecule has 0 aliphatic carbocycles. The van der Waals surface area contributed by atoms with E-state index in [0.717, 1.165) is 22.7 Å². The maximum atomic E-state index is 10.9. The molecule has 5 heteroatoms. The number of hydrogen-bond acceptors (Lipinski definition) is 4. The number of hydrogen-bond donors (Lipinski definition) is 1. The Kier molecular flexibility index (Phi) is 4.89. The van der Waals surface area contributed by atoms with Gasteiger partial charge < -0.3 is 9.84 Å². The highest BCUT2D eigenvalue weighted by Gasteiger charge is 2.20. The number of rotatable bonds is 6. The van der Waals surface area contributed by atoms with Crippen LogP contribution in [-0.2, 0) is 4.74 Å². The summed E-state index contributed by atoms with van der Waals surface area (Å²) in [5, 5.41) is 9.70. The Hall–Kier alpha value is -0.940. The van der Waals surface area contributed by atoms with Gasteiger partial charge in [0.25, 0.3) is 0 Å².